The maximum Gasteiger partial charge on any atom is 0.233 e. The van der Waals surface area contributed by atoms with Gasteiger partial charge >= 0.3 is 0 Å². The van der Waals surface area contributed by atoms with Crippen LogP contribution >= 0.6 is 0 Å². The Labute approximate surface area is 102 Å². The third-order valence-electron chi connectivity index (χ3n) is 2.54. The second-order valence-corrected chi connectivity index (χ2v) is 4.30. The van der Waals surface area contributed by atoms with Crippen molar-refractivity contribution in [1.82, 2.24) is 4.90 Å². The zero-order chi connectivity index (χ0) is 13.4. The van der Waals surface area contributed by atoms with Crippen molar-refractivity contribution in [2.24, 2.45) is 22.7 Å². The molecule has 0 saturated carbocycles. The summed E-state index contributed by atoms with van der Waals surface area (Å²) in [6.45, 7) is 6.36. The summed E-state index contributed by atoms with van der Waals surface area (Å²) < 4.78 is 0. The highest BCUT2D eigenvalue weighted by Gasteiger charge is 2.30. The fraction of sp³-hybridized carbons (Fsp3) is 0.818. The SMILES string of the molecule is CCCN(CCO)C(=O)C(C(N)=NO)C(C)C. The average molecular weight is 245 g/mol. The second-order valence-electron chi connectivity index (χ2n) is 4.30. The predicted octanol–water partition coefficient (Wildman–Crippen LogP) is 0.236. The highest BCUT2D eigenvalue weighted by atomic mass is 16.4. The van der Waals surface area contributed by atoms with Crippen molar-refractivity contribution >= 4 is 11.7 Å². The fourth-order valence-electron chi connectivity index (χ4n) is 1.73. The van der Waals surface area contributed by atoms with Crippen LogP contribution in [0, 0.1) is 11.8 Å². The van der Waals surface area contributed by atoms with E-state index < -0.39 is 5.92 Å². The van der Waals surface area contributed by atoms with Gasteiger partial charge in [0.25, 0.3) is 0 Å². The number of nitrogens with two attached hydrogens (primary N) is 1. The molecule has 0 spiro atoms. The lowest BCUT2D eigenvalue weighted by atomic mass is 9.93. The number of amides is 1. The molecular formula is C11H23N3O3. The molecule has 17 heavy (non-hydrogen) atoms. The Morgan fingerprint density at radius 2 is 2.00 bits per heavy atom. The number of rotatable bonds is 7. The number of amidine groups is 1. The van der Waals surface area contributed by atoms with Crippen LogP contribution in [0.1, 0.15) is 27.2 Å². The van der Waals surface area contributed by atoms with Crippen molar-refractivity contribution in [1.29, 1.82) is 0 Å². The molecule has 100 valence electrons. The minimum absolute atomic E-state index is 0.0588. The lowest BCUT2D eigenvalue weighted by molar-refractivity contribution is -0.135. The molecule has 0 rings (SSSR count). The van der Waals surface area contributed by atoms with Gasteiger partial charge in [-0.3, -0.25) is 4.79 Å². The van der Waals surface area contributed by atoms with Gasteiger partial charge in [0.05, 0.1) is 6.61 Å². The molecule has 1 unspecified atom stereocenters. The van der Waals surface area contributed by atoms with Gasteiger partial charge in [-0.2, -0.15) is 0 Å². The Balaban J connectivity index is 4.90. The standard InChI is InChI=1S/C11H23N3O3/c1-4-5-14(6-7-15)11(16)9(8(2)3)10(12)13-17/h8-9,15,17H,4-7H2,1-3H3,(H2,12,13). The van der Waals surface area contributed by atoms with Crippen molar-refractivity contribution < 1.29 is 15.1 Å². The molecule has 0 aliphatic heterocycles. The summed E-state index contributed by atoms with van der Waals surface area (Å²) in [5.41, 5.74) is 5.54. The zero-order valence-corrected chi connectivity index (χ0v) is 10.8. The Bertz CT molecular complexity index is 261. The van der Waals surface area contributed by atoms with Gasteiger partial charge < -0.3 is 20.9 Å². The van der Waals surface area contributed by atoms with E-state index >= 15 is 0 Å². The Hall–Kier alpha value is -1.30. The zero-order valence-electron chi connectivity index (χ0n) is 10.8. The third kappa shape index (κ3) is 4.60. The van der Waals surface area contributed by atoms with Crippen LogP contribution in [-0.4, -0.2) is 46.7 Å². The Morgan fingerprint density at radius 1 is 1.41 bits per heavy atom. The summed E-state index contributed by atoms with van der Waals surface area (Å²) in [5, 5.41) is 20.5. The number of aliphatic hydroxyl groups is 1. The summed E-state index contributed by atoms with van der Waals surface area (Å²) in [5.74, 6) is -0.982. The number of hydrogen-bond donors (Lipinski definition) is 3. The summed E-state index contributed by atoms with van der Waals surface area (Å²) >= 11 is 0. The minimum Gasteiger partial charge on any atom is -0.409 e. The molecule has 4 N–H and O–H groups in total. The quantitative estimate of drug-likeness (QED) is 0.259. The molecule has 0 aromatic heterocycles. The van der Waals surface area contributed by atoms with Gasteiger partial charge in [-0.25, -0.2) is 0 Å². The first kappa shape index (κ1) is 15.7. The Morgan fingerprint density at radius 3 is 2.35 bits per heavy atom. The number of carbonyl (C=O) groups excluding carboxylic acids is 1. The lowest BCUT2D eigenvalue weighted by Crippen LogP contribution is -2.45. The van der Waals surface area contributed by atoms with Gasteiger partial charge in [-0.15, -0.1) is 0 Å². The van der Waals surface area contributed by atoms with Gasteiger partial charge in [0.15, 0.2) is 5.84 Å². The predicted molar refractivity (Wildman–Crippen MR) is 65.7 cm³/mol. The summed E-state index contributed by atoms with van der Waals surface area (Å²) in [6, 6.07) is 0. The van der Waals surface area contributed by atoms with E-state index in [1.54, 1.807) is 4.90 Å². The van der Waals surface area contributed by atoms with E-state index in [4.69, 9.17) is 16.0 Å². The molecule has 0 aliphatic rings. The molecule has 0 saturated heterocycles. The molecule has 0 aliphatic carbocycles. The van der Waals surface area contributed by atoms with E-state index in [0.717, 1.165) is 6.42 Å². The van der Waals surface area contributed by atoms with Crippen molar-refractivity contribution in [2.75, 3.05) is 19.7 Å². The molecule has 1 atom stereocenters. The van der Waals surface area contributed by atoms with Gasteiger partial charge in [0, 0.05) is 13.1 Å². The van der Waals surface area contributed by atoms with Gasteiger partial charge in [-0.1, -0.05) is 25.9 Å². The summed E-state index contributed by atoms with van der Waals surface area (Å²) in [4.78, 5) is 13.8. The van der Waals surface area contributed by atoms with E-state index in [0.29, 0.717) is 6.54 Å². The number of carbonyl (C=O) groups is 1. The van der Waals surface area contributed by atoms with Crippen molar-refractivity contribution in [3.63, 3.8) is 0 Å². The minimum atomic E-state index is -0.641. The van der Waals surface area contributed by atoms with E-state index in [9.17, 15) is 4.79 Å². The van der Waals surface area contributed by atoms with Crippen LogP contribution in [0.15, 0.2) is 5.16 Å². The normalized spacial score (nSPS) is 13.8. The number of oxime groups is 1. The molecule has 0 aromatic rings. The van der Waals surface area contributed by atoms with E-state index in [2.05, 4.69) is 5.16 Å². The van der Waals surface area contributed by atoms with Crippen molar-refractivity contribution in [3.8, 4) is 0 Å². The lowest BCUT2D eigenvalue weighted by Gasteiger charge is -2.27. The van der Waals surface area contributed by atoms with Crippen LogP contribution in [0.3, 0.4) is 0 Å². The molecule has 0 aromatic carbocycles. The molecular weight excluding hydrogens is 222 g/mol. The van der Waals surface area contributed by atoms with Gasteiger partial charge in [-0.05, 0) is 12.3 Å². The van der Waals surface area contributed by atoms with Crippen molar-refractivity contribution in [3.05, 3.63) is 0 Å². The molecule has 0 radical (unpaired) electrons. The highest BCUT2D eigenvalue weighted by molar-refractivity contribution is 6.02. The molecule has 0 heterocycles. The number of aliphatic hydroxyl groups excluding tert-OH is 1. The summed E-state index contributed by atoms with van der Waals surface area (Å²) in [6.07, 6.45) is 0.798. The molecule has 6 nitrogen and oxygen atoms in total. The maximum atomic E-state index is 12.2. The summed E-state index contributed by atoms with van der Waals surface area (Å²) in [7, 11) is 0. The van der Waals surface area contributed by atoms with E-state index in [1.807, 2.05) is 20.8 Å². The monoisotopic (exact) mass is 245 g/mol. The van der Waals surface area contributed by atoms with E-state index in [-0.39, 0.29) is 30.8 Å². The molecule has 1 amide bonds. The molecule has 6 heteroatoms. The van der Waals surface area contributed by atoms with Crippen LogP contribution < -0.4 is 5.73 Å². The highest BCUT2D eigenvalue weighted by Crippen LogP contribution is 2.15. The van der Waals surface area contributed by atoms with E-state index in [1.165, 1.54) is 0 Å². The number of hydrogen-bond acceptors (Lipinski definition) is 4. The molecule has 0 bridgehead atoms. The second kappa shape index (κ2) is 7.89. The van der Waals surface area contributed by atoms with Gasteiger partial charge in [0.1, 0.15) is 5.92 Å². The van der Waals surface area contributed by atoms with Gasteiger partial charge in [0.2, 0.25) is 5.91 Å². The van der Waals surface area contributed by atoms with Crippen LogP contribution in [0.5, 0.6) is 0 Å². The molecule has 0 fully saturated rings. The van der Waals surface area contributed by atoms with Crippen LogP contribution in [0.25, 0.3) is 0 Å². The van der Waals surface area contributed by atoms with Crippen LogP contribution in [0.4, 0.5) is 0 Å². The first-order valence-corrected chi connectivity index (χ1v) is 5.86. The number of nitrogens with zero attached hydrogens (tertiary/aromatic N) is 2. The first-order valence-electron chi connectivity index (χ1n) is 5.86. The third-order valence-corrected chi connectivity index (χ3v) is 2.54. The fourth-order valence-corrected chi connectivity index (χ4v) is 1.73. The largest absolute Gasteiger partial charge is 0.409 e. The van der Waals surface area contributed by atoms with Crippen molar-refractivity contribution in [2.45, 2.75) is 27.2 Å². The van der Waals surface area contributed by atoms with Crippen LogP contribution in [0.2, 0.25) is 0 Å². The smallest absolute Gasteiger partial charge is 0.233 e. The topological polar surface area (TPSA) is 99.2 Å². The average Bonchev–Trinajstić information content (AvgIpc) is 2.28. The van der Waals surface area contributed by atoms with Crippen LogP contribution in [-0.2, 0) is 4.79 Å². The Kier molecular flexibility index (Phi) is 7.29. The maximum absolute atomic E-state index is 12.2. The first-order chi connectivity index (χ1) is 7.99.